The van der Waals surface area contributed by atoms with Gasteiger partial charge in [0.2, 0.25) is 5.91 Å². The first-order valence-corrected chi connectivity index (χ1v) is 9.65. The molecule has 4 nitrogen and oxygen atoms in total. The van der Waals surface area contributed by atoms with Gasteiger partial charge in [-0.15, -0.1) is 0 Å². The minimum Gasteiger partial charge on any atom is -0.318 e. The van der Waals surface area contributed by atoms with Gasteiger partial charge in [0.05, 0.1) is 6.21 Å². The van der Waals surface area contributed by atoms with E-state index in [-0.39, 0.29) is 5.91 Å². The number of carbonyl (C=O) groups excluding carboxylic acids is 1. The van der Waals surface area contributed by atoms with E-state index in [1.807, 2.05) is 75.4 Å². The highest BCUT2D eigenvalue weighted by Gasteiger charge is 2.10. The molecule has 144 valence electrons. The number of aryl methyl sites for hydroxylation is 3. The fourth-order valence-electron chi connectivity index (χ4n) is 3.17. The van der Waals surface area contributed by atoms with Crippen molar-refractivity contribution in [1.29, 1.82) is 0 Å². The van der Waals surface area contributed by atoms with Crippen LogP contribution in [0.4, 0.5) is 0 Å². The zero-order chi connectivity index (χ0) is 20.1. The van der Waals surface area contributed by atoms with Crippen LogP contribution in [0.15, 0.2) is 59.7 Å². The molecule has 1 N–H and O–H groups in total. The number of hydrogen-bond acceptors (Lipinski definition) is 2. The highest BCUT2D eigenvalue weighted by molar-refractivity contribution is 6.31. The summed E-state index contributed by atoms with van der Waals surface area (Å²) in [5.74, 6) is -0.0979. The lowest BCUT2D eigenvalue weighted by molar-refractivity contribution is -0.121. The molecule has 0 saturated carbocycles. The van der Waals surface area contributed by atoms with E-state index >= 15 is 0 Å². The third-order valence-electron chi connectivity index (χ3n) is 4.76. The van der Waals surface area contributed by atoms with Crippen molar-refractivity contribution >= 4 is 23.7 Å². The van der Waals surface area contributed by atoms with E-state index in [1.165, 1.54) is 0 Å². The van der Waals surface area contributed by atoms with Crippen LogP contribution in [-0.4, -0.2) is 16.7 Å². The van der Waals surface area contributed by atoms with Crippen molar-refractivity contribution in [2.45, 2.75) is 33.6 Å². The van der Waals surface area contributed by atoms with Crippen LogP contribution in [-0.2, 0) is 11.2 Å². The molecule has 0 aliphatic heterocycles. The van der Waals surface area contributed by atoms with Gasteiger partial charge in [0.1, 0.15) is 0 Å². The van der Waals surface area contributed by atoms with Crippen molar-refractivity contribution in [3.8, 4) is 5.69 Å². The minimum absolute atomic E-state index is 0.0979. The number of nitrogens with zero attached hydrogens (tertiary/aromatic N) is 2. The molecule has 0 fully saturated rings. The molecule has 0 spiro atoms. The molecule has 0 atom stereocenters. The van der Waals surface area contributed by atoms with Crippen molar-refractivity contribution in [3.05, 3.63) is 87.7 Å². The third-order valence-corrected chi connectivity index (χ3v) is 5.17. The van der Waals surface area contributed by atoms with Crippen LogP contribution < -0.4 is 5.43 Å². The molecule has 0 bridgehead atoms. The molecule has 2 aromatic carbocycles. The van der Waals surface area contributed by atoms with Gasteiger partial charge in [0.25, 0.3) is 0 Å². The molecule has 0 saturated heterocycles. The molecular weight excluding hydrogens is 370 g/mol. The molecule has 1 heterocycles. The summed E-state index contributed by atoms with van der Waals surface area (Å²) in [6, 6.07) is 18.0. The van der Waals surface area contributed by atoms with Gasteiger partial charge >= 0.3 is 0 Å². The Labute approximate surface area is 170 Å². The van der Waals surface area contributed by atoms with Crippen LogP contribution in [0.5, 0.6) is 0 Å². The highest BCUT2D eigenvalue weighted by Crippen LogP contribution is 2.24. The molecule has 1 amide bonds. The molecule has 5 heteroatoms. The predicted molar refractivity (Wildman–Crippen MR) is 115 cm³/mol. The topological polar surface area (TPSA) is 46.4 Å². The van der Waals surface area contributed by atoms with E-state index in [0.29, 0.717) is 12.8 Å². The second kappa shape index (κ2) is 8.89. The van der Waals surface area contributed by atoms with Crippen LogP contribution in [0, 0.1) is 20.8 Å². The first-order chi connectivity index (χ1) is 13.5. The Hall–Kier alpha value is -2.85. The van der Waals surface area contributed by atoms with E-state index in [4.69, 9.17) is 11.6 Å². The maximum absolute atomic E-state index is 12.0. The molecule has 0 unspecified atom stereocenters. The van der Waals surface area contributed by atoms with Crippen LogP contribution in [0.25, 0.3) is 5.69 Å². The Morgan fingerprint density at radius 3 is 2.57 bits per heavy atom. The van der Waals surface area contributed by atoms with Crippen LogP contribution in [0.2, 0.25) is 5.02 Å². The second-order valence-corrected chi connectivity index (χ2v) is 7.28. The quantitative estimate of drug-likeness (QED) is 0.457. The van der Waals surface area contributed by atoms with E-state index in [0.717, 1.165) is 38.8 Å². The monoisotopic (exact) mass is 393 g/mol. The number of benzene rings is 2. The first kappa shape index (κ1) is 19.9. The number of amides is 1. The SMILES string of the molecule is Cc1ccc(-n2c(C)cc(/C=N\NC(=O)CCc3ccccc3)c2C)cc1Cl. The zero-order valence-electron chi connectivity index (χ0n) is 16.4. The third kappa shape index (κ3) is 4.70. The Morgan fingerprint density at radius 1 is 1.11 bits per heavy atom. The van der Waals surface area contributed by atoms with E-state index in [2.05, 4.69) is 15.1 Å². The highest BCUT2D eigenvalue weighted by atomic mass is 35.5. The van der Waals surface area contributed by atoms with E-state index in [9.17, 15) is 4.79 Å². The Balaban J connectivity index is 1.66. The average Bonchev–Trinajstić information content (AvgIpc) is 2.97. The minimum atomic E-state index is -0.0979. The average molecular weight is 394 g/mol. The van der Waals surface area contributed by atoms with Gasteiger partial charge < -0.3 is 4.57 Å². The Kier molecular flexibility index (Phi) is 6.32. The summed E-state index contributed by atoms with van der Waals surface area (Å²) >= 11 is 6.28. The Morgan fingerprint density at radius 2 is 1.86 bits per heavy atom. The number of aromatic nitrogens is 1. The molecular formula is C23H24ClN3O. The van der Waals surface area contributed by atoms with E-state index < -0.39 is 0 Å². The van der Waals surface area contributed by atoms with Gasteiger partial charge in [-0.05, 0) is 56.5 Å². The largest absolute Gasteiger partial charge is 0.318 e. The summed E-state index contributed by atoms with van der Waals surface area (Å²) in [4.78, 5) is 12.0. The van der Waals surface area contributed by atoms with Gasteiger partial charge in [0.15, 0.2) is 0 Å². The van der Waals surface area contributed by atoms with Gasteiger partial charge in [-0.2, -0.15) is 5.10 Å². The van der Waals surface area contributed by atoms with Crippen molar-refractivity contribution in [3.63, 3.8) is 0 Å². The van der Waals surface area contributed by atoms with Gasteiger partial charge in [-0.1, -0.05) is 48.0 Å². The standard InChI is InChI=1S/C23H24ClN3O/c1-16-9-11-21(14-22(16)24)27-17(2)13-20(18(27)3)15-25-26-23(28)12-10-19-7-5-4-6-8-19/h4-9,11,13-15H,10,12H2,1-3H3,(H,26,28)/b25-15-. The maximum Gasteiger partial charge on any atom is 0.240 e. The van der Waals surface area contributed by atoms with Crippen LogP contribution in [0.1, 0.15) is 34.5 Å². The summed E-state index contributed by atoms with van der Waals surface area (Å²) in [7, 11) is 0. The maximum atomic E-state index is 12.0. The number of carbonyl (C=O) groups is 1. The summed E-state index contributed by atoms with van der Waals surface area (Å²) in [5.41, 5.74) is 8.89. The van der Waals surface area contributed by atoms with Gasteiger partial charge in [-0.25, -0.2) is 5.43 Å². The van der Waals surface area contributed by atoms with Crippen LogP contribution in [0.3, 0.4) is 0 Å². The number of nitrogens with one attached hydrogen (secondary N) is 1. The lowest BCUT2D eigenvalue weighted by Crippen LogP contribution is -2.17. The lowest BCUT2D eigenvalue weighted by atomic mass is 10.1. The van der Waals surface area contributed by atoms with E-state index in [1.54, 1.807) is 6.21 Å². The summed E-state index contributed by atoms with van der Waals surface area (Å²) < 4.78 is 2.13. The summed E-state index contributed by atoms with van der Waals surface area (Å²) in [6.07, 6.45) is 2.79. The van der Waals surface area contributed by atoms with Crippen molar-refractivity contribution < 1.29 is 4.79 Å². The fraction of sp³-hybridized carbons (Fsp3) is 0.217. The number of hydrogen-bond donors (Lipinski definition) is 1. The fourth-order valence-corrected chi connectivity index (χ4v) is 3.34. The normalized spacial score (nSPS) is 11.1. The molecule has 0 aliphatic carbocycles. The predicted octanol–water partition coefficient (Wildman–Crippen LogP) is 5.14. The molecule has 3 aromatic rings. The summed E-state index contributed by atoms with van der Waals surface area (Å²) in [5, 5.41) is 4.87. The molecule has 3 rings (SSSR count). The number of halogens is 1. The number of rotatable bonds is 6. The molecule has 0 aliphatic rings. The van der Waals surface area contributed by atoms with Crippen molar-refractivity contribution in [1.82, 2.24) is 9.99 Å². The van der Waals surface area contributed by atoms with Gasteiger partial charge in [-0.3, -0.25) is 4.79 Å². The Bertz CT molecular complexity index is 1010. The lowest BCUT2D eigenvalue weighted by Gasteiger charge is -2.11. The molecule has 28 heavy (non-hydrogen) atoms. The zero-order valence-corrected chi connectivity index (χ0v) is 17.1. The summed E-state index contributed by atoms with van der Waals surface area (Å²) in [6.45, 7) is 6.05. The molecule has 1 aromatic heterocycles. The second-order valence-electron chi connectivity index (χ2n) is 6.87. The van der Waals surface area contributed by atoms with Crippen molar-refractivity contribution in [2.75, 3.05) is 0 Å². The first-order valence-electron chi connectivity index (χ1n) is 9.27. The number of hydrazone groups is 1. The van der Waals surface area contributed by atoms with Crippen molar-refractivity contribution in [2.24, 2.45) is 5.10 Å². The van der Waals surface area contributed by atoms with Crippen LogP contribution >= 0.6 is 11.6 Å². The smallest absolute Gasteiger partial charge is 0.240 e. The molecule has 0 radical (unpaired) electrons. The van der Waals surface area contributed by atoms with Gasteiger partial charge in [0, 0.05) is 34.1 Å².